The molecule has 0 aliphatic rings. The van der Waals surface area contributed by atoms with Crippen LogP contribution in [-0.2, 0) is 0 Å². The topological polar surface area (TPSA) is 12.4 Å². The number of hydrogen-bond donors (Lipinski definition) is 0. The van der Waals surface area contributed by atoms with Crippen LogP contribution >= 0.6 is 12.2 Å². The van der Waals surface area contributed by atoms with E-state index in [0.717, 1.165) is 0 Å². The summed E-state index contributed by atoms with van der Waals surface area (Å²) in [4.78, 5) is 4.23. The molecule has 1 unspecified atom stereocenters. The molecule has 1 aromatic carbocycles. The third-order valence-corrected chi connectivity index (χ3v) is 2.22. The summed E-state index contributed by atoms with van der Waals surface area (Å²) in [5, 5.41) is 2.48. The molecular weight excluding hydrogens is 190 g/mol. The zero-order chi connectivity index (χ0) is 10.6. The number of benzene rings is 1. The molecule has 1 nitrogen and oxygen atoms in total. The van der Waals surface area contributed by atoms with Crippen molar-refractivity contribution in [3.05, 3.63) is 35.9 Å². The summed E-state index contributed by atoms with van der Waals surface area (Å²) >= 11 is 4.68. The van der Waals surface area contributed by atoms with Crippen LogP contribution < -0.4 is 0 Å². The molecule has 1 rings (SSSR count). The minimum atomic E-state index is 0.0766. The van der Waals surface area contributed by atoms with Crippen molar-refractivity contribution in [3.8, 4) is 0 Å². The minimum Gasteiger partial charge on any atom is -0.224 e. The van der Waals surface area contributed by atoms with E-state index in [4.69, 9.17) is 0 Å². The van der Waals surface area contributed by atoms with Crippen molar-refractivity contribution in [3.63, 3.8) is 0 Å². The van der Waals surface area contributed by atoms with Crippen LogP contribution in [0.5, 0.6) is 0 Å². The second-order valence-corrected chi connectivity index (χ2v) is 4.58. The van der Waals surface area contributed by atoms with Crippen LogP contribution in [0.25, 0.3) is 0 Å². The molecule has 0 radical (unpaired) electrons. The second-order valence-electron chi connectivity index (χ2n) is 4.40. The van der Waals surface area contributed by atoms with Crippen LogP contribution in [0.1, 0.15) is 32.4 Å². The smallest absolute Gasteiger partial charge is 0.0900 e. The Labute approximate surface area is 90.9 Å². The lowest BCUT2D eigenvalue weighted by atomic mass is 9.83. The van der Waals surface area contributed by atoms with Crippen LogP contribution in [0.4, 0.5) is 0 Å². The van der Waals surface area contributed by atoms with Crippen molar-refractivity contribution < 1.29 is 0 Å². The van der Waals surface area contributed by atoms with Crippen molar-refractivity contribution in [2.24, 2.45) is 10.4 Å². The maximum atomic E-state index is 4.68. The molecule has 14 heavy (non-hydrogen) atoms. The number of rotatable bonds is 2. The van der Waals surface area contributed by atoms with Crippen LogP contribution in [0.2, 0.25) is 0 Å². The van der Waals surface area contributed by atoms with Gasteiger partial charge in [0.1, 0.15) is 0 Å². The van der Waals surface area contributed by atoms with E-state index >= 15 is 0 Å². The summed E-state index contributed by atoms with van der Waals surface area (Å²) < 4.78 is 0. The average molecular weight is 205 g/mol. The van der Waals surface area contributed by atoms with Gasteiger partial charge in [-0.2, -0.15) is 0 Å². The molecule has 0 spiro atoms. The van der Waals surface area contributed by atoms with E-state index in [0.29, 0.717) is 0 Å². The van der Waals surface area contributed by atoms with Gasteiger partial charge in [0.05, 0.1) is 11.2 Å². The molecule has 0 N–H and O–H groups in total. The molecule has 1 atom stereocenters. The average Bonchev–Trinajstić information content (AvgIpc) is 2.14. The quantitative estimate of drug-likeness (QED) is 0.527. The van der Waals surface area contributed by atoms with Crippen LogP contribution in [0.15, 0.2) is 35.3 Å². The molecule has 0 saturated heterocycles. The number of aliphatic imine (C=N–C) groups is 1. The summed E-state index contributed by atoms with van der Waals surface area (Å²) in [6, 6.07) is 10.3. The highest BCUT2D eigenvalue weighted by molar-refractivity contribution is 7.78. The molecule has 0 aliphatic carbocycles. The first-order valence-corrected chi connectivity index (χ1v) is 5.08. The third kappa shape index (κ3) is 2.76. The van der Waals surface area contributed by atoms with Crippen molar-refractivity contribution in [1.82, 2.24) is 0 Å². The van der Waals surface area contributed by atoms with E-state index in [-0.39, 0.29) is 11.5 Å². The Balaban J connectivity index is 3.07. The molecule has 0 aromatic heterocycles. The second kappa shape index (κ2) is 4.50. The molecule has 0 fully saturated rings. The van der Waals surface area contributed by atoms with Gasteiger partial charge in [0, 0.05) is 0 Å². The number of hydrogen-bond acceptors (Lipinski definition) is 2. The predicted molar refractivity (Wildman–Crippen MR) is 63.7 cm³/mol. The molecule has 2 heteroatoms. The van der Waals surface area contributed by atoms with Gasteiger partial charge in [0.15, 0.2) is 0 Å². The van der Waals surface area contributed by atoms with E-state index in [2.05, 4.69) is 55.3 Å². The maximum Gasteiger partial charge on any atom is 0.0900 e. The van der Waals surface area contributed by atoms with Gasteiger partial charge in [-0.25, -0.2) is 4.99 Å². The summed E-state index contributed by atoms with van der Waals surface area (Å²) in [6.45, 7) is 6.46. The normalized spacial score (nSPS) is 13.1. The van der Waals surface area contributed by atoms with Crippen molar-refractivity contribution in [2.45, 2.75) is 26.8 Å². The summed E-state index contributed by atoms with van der Waals surface area (Å²) in [5.74, 6) is 0. The van der Waals surface area contributed by atoms with Gasteiger partial charge in [0.25, 0.3) is 0 Å². The summed E-state index contributed by atoms with van der Waals surface area (Å²) in [6.07, 6.45) is 0. The maximum absolute atomic E-state index is 4.68. The summed E-state index contributed by atoms with van der Waals surface area (Å²) in [7, 11) is 0. The Bertz CT molecular complexity index is 331. The van der Waals surface area contributed by atoms with Gasteiger partial charge in [-0.3, -0.25) is 0 Å². The Hall–Kier alpha value is -0.980. The van der Waals surface area contributed by atoms with Crippen LogP contribution in [-0.4, -0.2) is 5.16 Å². The first-order chi connectivity index (χ1) is 6.55. The van der Waals surface area contributed by atoms with Crippen molar-refractivity contribution in [2.75, 3.05) is 0 Å². The van der Waals surface area contributed by atoms with E-state index in [1.807, 2.05) is 18.2 Å². The standard InChI is InChI=1S/C12H15NS/c1-12(2,3)11(13-9-14)10-7-5-4-6-8-10/h4-8,11H,1-3H3. The monoisotopic (exact) mass is 205 g/mol. The van der Waals surface area contributed by atoms with Gasteiger partial charge in [-0.15, -0.1) is 0 Å². The number of isothiocyanates is 1. The fraction of sp³-hybridized carbons (Fsp3) is 0.417. The molecule has 0 amide bonds. The van der Waals surface area contributed by atoms with Crippen molar-refractivity contribution in [1.29, 1.82) is 0 Å². The number of thiocarbonyl (C=S) groups is 1. The molecule has 0 bridgehead atoms. The van der Waals surface area contributed by atoms with Gasteiger partial charge < -0.3 is 0 Å². The molecule has 0 heterocycles. The largest absolute Gasteiger partial charge is 0.224 e. The zero-order valence-corrected chi connectivity index (χ0v) is 9.64. The van der Waals surface area contributed by atoms with E-state index in [9.17, 15) is 0 Å². The summed E-state index contributed by atoms with van der Waals surface area (Å²) in [5.41, 5.74) is 1.27. The Morgan fingerprint density at radius 3 is 2.21 bits per heavy atom. The van der Waals surface area contributed by atoms with Gasteiger partial charge in [-0.1, -0.05) is 51.1 Å². The first kappa shape index (κ1) is 11.1. The molecule has 74 valence electrons. The van der Waals surface area contributed by atoms with Gasteiger partial charge in [-0.05, 0) is 23.2 Å². The lowest BCUT2D eigenvalue weighted by Crippen LogP contribution is -2.16. The zero-order valence-electron chi connectivity index (χ0n) is 8.82. The highest BCUT2D eigenvalue weighted by Gasteiger charge is 2.25. The van der Waals surface area contributed by atoms with Crippen LogP contribution in [0, 0.1) is 5.41 Å². The highest BCUT2D eigenvalue weighted by atomic mass is 32.1. The fourth-order valence-electron chi connectivity index (χ4n) is 1.46. The fourth-order valence-corrected chi connectivity index (χ4v) is 1.56. The van der Waals surface area contributed by atoms with E-state index in [1.54, 1.807) is 0 Å². The molecule has 1 aromatic rings. The Morgan fingerprint density at radius 2 is 1.79 bits per heavy atom. The molecular formula is C12H15NS. The van der Waals surface area contributed by atoms with E-state index < -0.39 is 0 Å². The van der Waals surface area contributed by atoms with Crippen LogP contribution in [0.3, 0.4) is 0 Å². The van der Waals surface area contributed by atoms with Crippen molar-refractivity contribution >= 4 is 17.4 Å². The lowest BCUT2D eigenvalue weighted by molar-refractivity contribution is 0.330. The highest BCUT2D eigenvalue weighted by Crippen LogP contribution is 2.35. The minimum absolute atomic E-state index is 0.0766. The SMILES string of the molecule is CC(C)(C)C(N=C=S)c1ccccc1. The molecule has 0 saturated carbocycles. The van der Waals surface area contributed by atoms with Gasteiger partial charge >= 0.3 is 0 Å². The van der Waals surface area contributed by atoms with Gasteiger partial charge in [0.2, 0.25) is 0 Å². The lowest BCUT2D eigenvalue weighted by Gasteiger charge is -2.26. The molecule has 0 aliphatic heterocycles. The third-order valence-electron chi connectivity index (χ3n) is 2.12. The first-order valence-electron chi connectivity index (χ1n) is 4.67. The Kier molecular flexibility index (Phi) is 3.56. The Morgan fingerprint density at radius 1 is 1.21 bits per heavy atom. The number of nitrogens with zero attached hydrogens (tertiary/aromatic N) is 1. The predicted octanol–water partition coefficient (Wildman–Crippen LogP) is 3.88. The van der Waals surface area contributed by atoms with E-state index in [1.165, 1.54) is 5.56 Å².